The van der Waals surface area contributed by atoms with Crippen molar-refractivity contribution in [3.05, 3.63) is 36.4 Å². The van der Waals surface area contributed by atoms with Crippen molar-refractivity contribution in [2.75, 3.05) is 7.11 Å². The molecule has 70 valence electrons. The molecule has 0 amide bonds. The highest BCUT2D eigenvalue weighted by Gasteiger charge is 2.02. The van der Waals surface area contributed by atoms with Crippen LogP contribution < -0.4 is 4.74 Å². The summed E-state index contributed by atoms with van der Waals surface area (Å²) < 4.78 is 5.21. The van der Waals surface area contributed by atoms with Gasteiger partial charge in [0.05, 0.1) is 7.11 Å². The SMILES string of the molecule is C=Nc1cc2ccccc2cc1OC. The second-order valence-electron chi connectivity index (χ2n) is 3.03. The van der Waals surface area contributed by atoms with Crippen molar-refractivity contribution in [3.8, 4) is 5.75 Å². The number of fused-ring (bicyclic) bond motifs is 1. The first-order valence-electron chi connectivity index (χ1n) is 4.38. The van der Waals surface area contributed by atoms with E-state index in [-0.39, 0.29) is 0 Å². The molecule has 0 bridgehead atoms. The zero-order valence-electron chi connectivity index (χ0n) is 8.03. The maximum absolute atomic E-state index is 5.21. The highest BCUT2D eigenvalue weighted by molar-refractivity contribution is 5.88. The molecule has 2 aromatic rings. The largest absolute Gasteiger partial charge is 0.494 e. The lowest BCUT2D eigenvalue weighted by molar-refractivity contribution is 0.417. The van der Waals surface area contributed by atoms with E-state index < -0.39 is 0 Å². The maximum atomic E-state index is 5.21. The molecule has 0 saturated heterocycles. The second kappa shape index (κ2) is 3.50. The van der Waals surface area contributed by atoms with E-state index >= 15 is 0 Å². The van der Waals surface area contributed by atoms with Gasteiger partial charge in [0.1, 0.15) is 11.4 Å². The number of aliphatic imine (C=N–C) groups is 1. The Morgan fingerprint density at radius 1 is 1.14 bits per heavy atom. The summed E-state index contributed by atoms with van der Waals surface area (Å²) in [5, 5.41) is 2.30. The molecule has 2 nitrogen and oxygen atoms in total. The third kappa shape index (κ3) is 1.35. The van der Waals surface area contributed by atoms with Gasteiger partial charge in [-0.2, -0.15) is 0 Å². The number of nitrogens with zero attached hydrogens (tertiary/aromatic N) is 1. The van der Waals surface area contributed by atoms with Crippen molar-refractivity contribution in [3.63, 3.8) is 0 Å². The Morgan fingerprint density at radius 3 is 2.36 bits per heavy atom. The zero-order chi connectivity index (χ0) is 9.97. The normalized spacial score (nSPS) is 10.1. The van der Waals surface area contributed by atoms with Crippen molar-refractivity contribution in [2.24, 2.45) is 4.99 Å². The number of hydrogen-bond acceptors (Lipinski definition) is 2. The molecule has 0 unspecified atom stereocenters. The molecule has 0 radical (unpaired) electrons. The zero-order valence-corrected chi connectivity index (χ0v) is 8.03. The number of hydrogen-bond donors (Lipinski definition) is 0. The lowest BCUT2D eigenvalue weighted by atomic mass is 10.1. The highest BCUT2D eigenvalue weighted by Crippen LogP contribution is 2.31. The lowest BCUT2D eigenvalue weighted by Crippen LogP contribution is -1.83. The predicted octanol–water partition coefficient (Wildman–Crippen LogP) is 3.18. The van der Waals surface area contributed by atoms with Gasteiger partial charge in [0.25, 0.3) is 0 Å². The molecular weight excluding hydrogens is 174 g/mol. The fourth-order valence-corrected chi connectivity index (χ4v) is 1.49. The molecule has 0 saturated carbocycles. The molecule has 0 aromatic heterocycles. The minimum Gasteiger partial charge on any atom is -0.494 e. The Hall–Kier alpha value is -1.83. The summed E-state index contributed by atoms with van der Waals surface area (Å²) in [6.07, 6.45) is 0. The van der Waals surface area contributed by atoms with Gasteiger partial charge in [-0.25, -0.2) is 0 Å². The Bertz CT molecular complexity index is 477. The van der Waals surface area contributed by atoms with E-state index in [1.807, 2.05) is 36.4 Å². The minimum absolute atomic E-state index is 0.763. The van der Waals surface area contributed by atoms with E-state index in [1.54, 1.807) is 7.11 Å². The van der Waals surface area contributed by atoms with E-state index in [4.69, 9.17) is 4.74 Å². The van der Waals surface area contributed by atoms with Crippen LogP contribution in [0, 0.1) is 0 Å². The van der Waals surface area contributed by atoms with E-state index in [1.165, 1.54) is 0 Å². The molecule has 0 atom stereocenters. The standard InChI is InChI=1S/C12H11NO/c1-13-11-7-9-5-3-4-6-10(9)8-12(11)14-2/h3-8H,1H2,2H3. The van der Waals surface area contributed by atoms with Gasteiger partial charge in [0, 0.05) is 0 Å². The second-order valence-corrected chi connectivity index (χ2v) is 3.03. The van der Waals surface area contributed by atoms with Crippen LogP contribution >= 0.6 is 0 Å². The van der Waals surface area contributed by atoms with Crippen molar-refractivity contribution in [1.82, 2.24) is 0 Å². The third-order valence-electron chi connectivity index (χ3n) is 2.22. The molecule has 2 heteroatoms. The molecule has 2 aromatic carbocycles. The third-order valence-corrected chi connectivity index (χ3v) is 2.22. The Labute approximate surface area is 82.9 Å². The number of methoxy groups -OCH3 is 1. The fraction of sp³-hybridized carbons (Fsp3) is 0.0833. The van der Waals surface area contributed by atoms with Crippen LogP contribution in [0.25, 0.3) is 10.8 Å². The fourth-order valence-electron chi connectivity index (χ4n) is 1.49. The smallest absolute Gasteiger partial charge is 0.145 e. The van der Waals surface area contributed by atoms with Gasteiger partial charge < -0.3 is 4.74 Å². The molecule has 14 heavy (non-hydrogen) atoms. The average molecular weight is 185 g/mol. The molecule has 0 N–H and O–H groups in total. The molecule has 0 aliphatic rings. The van der Waals surface area contributed by atoms with Crippen molar-refractivity contribution < 1.29 is 4.74 Å². The van der Waals surface area contributed by atoms with Crippen LogP contribution in [0.5, 0.6) is 5.75 Å². The van der Waals surface area contributed by atoms with E-state index in [0.717, 1.165) is 22.2 Å². The molecule has 0 spiro atoms. The molecular formula is C12H11NO. The summed E-state index contributed by atoms with van der Waals surface area (Å²) in [5.41, 5.74) is 0.784. The van der Waals surface area contributed by atoms with E-state index in [0.29, 0.717) is 0 Å². The summed E-state index contributed by atoms with van der Waals surface area (Å²) in [6.45, 7) is 3.52. The first kappa shape index (κ1) is 8.75. The number of rotatable bonds is 2. The van der Waals surface area contributed by atoms with Crippen LogP contribution in [0.1, 0.15) is 0 Å². The van der Waals surface area contributed by atoms with Crippen LogP contribution in [0.3, 0.4) is 0 Å². The molecule has 0 aliphatic heterocycles. The van der Waals surface area contributed by atoms with Gasteiger partial charge >= 0.3 is 0 Å². The van der Waals surface area contributed by atoms with Crippen LogP contribution in [-0.4, -0.2) is 13.8 Å². The number of ether oxygens (including phenoxy) is 1. The van der Waals surface area contributed by atoms with Gasteiger partial charge in [0.15, 0.2) is 0 Å². The average Bonchev–Trinajstić information content (AvgIpc) is 2.27. The van der Waals surface area contributed by atoms with Gasteiger partial charge in [-0.1, -0.05) is 24.3 Å². The van der Waals surface area contributed by atoms with Crippen LogP contribution in [0.15, 0.2) is 41.4 Å². The Kier molecular flexibility index (Phi) is 2.19. The molecule has 0 heterocycles. The first-order chi connectivity index (χ1) is 6.85. The van der Waals surface area contributed by atoms with Gasteiger partial charge in [0.2, 0.25) is 0 Å². The molecule has 2 rings (SSSR count). The Morgan fingerprint density at radius 2 is 1.79 bits per heavy atom. The summed E-state index contributed by atoms with van der Waals surface area (Å²) in [4.78, 5) is 3.92. The topological polar surface area (TPSA) is 21.6 Å². The molecule has 0 fully saturated rings. The van der Waals surface area contributed by atoms with Crippen LogP contribution in [-0.2, 0) is 0 Å². The van der Waals surface area contributed by atoms with E-state index in [9.17, 15) is 0 Å². The monoisotopic (exact) mass is 185 g/mol. The lowest BCUT2D eigenvalue weighted by Gasteiger charge is -2.05. The summed E-state index contributed by atoms with van der Waals surface area (Å²) >= 11 is 0. The van der Waals surface area contributed by atoms with Gasteiger partial charge in [-0.05, 0) is 29.6 Å². The van der Waals surface area contributed by atoms with Crippen LogP contribution in [0.2, 0.25) is 0 Å². The summed E-state index contributed by atoms with van der Waals surface area (Å²) in [5.74, 6) is 0.763. The van der Waals surface area contributed by atoms with Gasteiger partial charge in [-0.3, -0.25) is 4.99 Å². The minimum atomic E-state index is 0.763. The maximum Gasteiger partial charge on any atom is 0.145 e. The quantitative estimate of drug-likeness (QED) is 0.658. The predicted molar refractivity (Wildman–Crippen MR) is 59.7 cm³/mol. The molecule has 0 aliphatic carbocycles. The first-order valence-corrected chi connectivity index (χ1v) is 4.38. The number of benzene rings is 2. The summed E-state index contributed by atoms with van der Waals surface area (Å²) in [6, 6.07) is 12.0. The highest BCUT2D eigenvalue weighted by atomic mass is 16.5. The van der Waals surface area contributed by atoms with Crippen molar-refractivity contribution >= 4 is 23.2 Å². The van der Waals surface area contributed by atoms with Gasteiger partial charge in [-0.15, -0.1) is 0 Å². The van der Waals surface area contributed by atoms with Crippen molar-refractivity contribution in [2.45, 2.75) is 0 Å². The van der Waals surface area contributed by atoms with E-state index in [2.05, 4.69) is 11.7 Å². The van der Waals surface area contributed by atoms with Crippen molar-refractivity contribution in [1.29, 1.82) is 0 Å². The summed E-state index contributed by atoms with van der Waals surface area (Å²) in [7, 11) is 1.64. The Balaban J connectivity index is 2.75. The van der Waals surface area contributed by atoms with Crippen LogP contribution in [0.4, 0.5) is 5.69 Å².